The van der Waals surface area contributed by atoms with Crippen molar-refractivity contribution in [1.29, 1.82) is 0 Å². The summed E-state index contributed by atoms with van der Waals surface area (Å²) in [5.41, 5.74) is 2.56. The predicted octanol–water partition coefficient (Wildman–Crippen LogP) is 8.38. The molecule has 0 saturated heterocycles. The van der Waals surface area contributed by atoms with Gasteiger partial charge in [0.15, 0.2) is 0 Å². The molecule has 0 aliphatic heterocycles. The van der Waals surface area contributed by atoms with Crippen LogP contribution < -0.4 is 20.4 Å². The largest absolute Gasteiger partial charge is 0.378 e. The van der Waals surface area contributed by atoms with Gasteiger partial charge in [0.05, 0.1) is 31.2 Å². The average Bonchev–Trinajstić information content (AvgIpc) is 2.65. The second-order valence-corrected chi connectivity index (χ2v) is 23.3. The number of anilines is 2. The van der Waals surface area contributed by atoms with Crippen molar-refractivity contribution in [3.8, 4) is 0 Å². The summed E-state index contributed by atoms with van der Waals surface area (Å²) in [6.45, 7) is 28.6. The van der Waals surface area contributed by atoms with Gasteiger partial charge < -0.3 is 9.80 Å². The van der Waals surface area contributed by atoms with Gasteiger partial charge in [-0.15, -0.1) is 0 Å². The van der Waals surface area contributed by atoms with Crippen LogP contribution in [0.2, 0.25) is 0 Å². The van der Waals surface area contributed by atoms with E-state index >= 15 is 0 Å². The molecule has 0 aromatic heterocycles. The zero-order valence-corrected chi connectivity index (χ0v) is 30.4. The Balaban J connectivity index is 0.000000682. The van der Waals surface area contributed by atoms with Gasteiger partial charge in [-0.2, -0.15) is 0 Å². The summed E-state index contributed by atoms with van der Waals surface area (Å²) < 4.78 is 0. The van der Waals surface area contributed by atoms with E-state index in [-0.39, 0.29) is 20.4 Å². The molecule has 37 heavy (non-hydrogen) atoms. The van der Waals surface area contributed by atoms with Crippen molar-refractivity contribution in [1.82, 2.24) is 0 Å². The van der Waals surface area contributed by atoms with E-state index in [2.05, 4.69) is 170 Å². The number of hydrogen-bond donors (Lipinski definition) is 0. The van der Waals surface area contributed by atoms with Crippen LogP contribution in [0.1, 0.15) is 83.1 Å². The van der Waals surface area contributed by atoms with Crippen LogP contribution in [0.25, 0.3) is 0 Å². The number of benzene rings is 2. The summed E-state index contributed by atoms with van der Waals surface area (Å²) in [4.78, 5) is 4.31. The summed E-state index contributed by atoms with van der Waals surface area (Å²) in [5.74, 6) is 0. The Hall–Kier alpha value is -0.438. The minimum atomic E-state index is -0.614. The minimum absolute atomic E-state index is 0. The first kappa shape index (κ1) is 36.6. The summed E-state index contributed by atoms with van der Waals surface area (Å²) in [6, 6.07) is 18.3. The molecular formula is C32H58N2P2Pd+2. The van der Waals surface area contributed by atoms with Crippen LogP contribution in [0, 0.1) is 0 Å². The van der Waals surface area contributed by atoms with Gasteiger partial charge in [0.1, 0.15) is 0 Å². The first-order valence-corrected chi connectivity index (χ1v) is 16.4. The maximum absolute atomic E-state index is 2.38. The molecule has 0 spiro atoms. The Morgan fingerprint density at radius 1 is 0.405 bits per heavy atom. The minimum Gasteiger partial charge on any atom is -0.378 e. The van der Waals surface area contributed by atoms with Gasteiger partial charge >= 0.3 is 0 Å². The fraction of sp³-hybridized carbons (Fsp3) is 0.625. The fourth-order valence-electron chi connectivity index (χ4n) is 5.83. The summed E-state index contributed by atoms with van der Waals surface area (Å²) >= 11 is 0. The van der Waals surface area contributed by atoms with Crippen molar-refractivity contribution < 1.29 is 20.4 Å². The molecule has 0 N–H and O–H groups in total. The Morgan fingerprint density at radius 2 is 0.595 bits per heavy atom. The van der Waals surface area contributed by atoms with Crippen LogP contribution in [-0.4, -0.2) is 48.8 Å². The summed E-state index contributed by atoms with van der Waals surface area (Å²) in [6.07, 6.45) is 0. The van der Waals surface area contributed by atoms with E-state index in [1.54, 1.807) is 10.6 Å². The van der Waals surface area contributed by atoms with Gasteiger partial charge in [0.25, 0.3) is 0 Å². The molecule has 0 atom stereocenters. The number of rotatable bonds is 4. The maximum atomic E-state index is 2.38. The van der Waals surface area contributed by atoms with E-state index in [1.165, 1.54) is 11.4 Å². The number of hydrogen-bond acceptors (Lipinski definition) is 2. The Bertz CT molecular complexity index is 816. The Morgan fingerprint density at radius 3 is 0.730 bits per heavy atom. The molecule has 214 valence electrons. The van der Waals surface area contributed by atoms with Crippen molar-refractivity contribution in [2.75, 3.05) is 38.0 Å². The number of nitrogens with zero attached hydrogens (tertiary/aromatic N) is 2. The van der Waals surface area contributed by atoms with Gasteiger partial charge in [-0.25, -0.2) is 0 Å². The summed E-state index contributed by atoms with van der Waals surface area (Å²) in [5, 5.41) is 4.60. The van der Waals surface area contributed by atoms with Gasteiger partial charge in [0, 0.05) is 75.8 Å². The second-order valence-electron chi connectivity index (χ2n) is 14.6. The van der Waals surface area contributed by atoms with E-state index in [9.17, 15) is 0 Å². The SMILES string of the molecule is CN(C)c1ccc([PH+](C(C)(C)C)C(C)(C)C)cc1.CN(C)c1ccc([PH+](C(C)(C)C)C(C)(C)C)cc1.[Pd]. The molecule has 2 aromatic carbocycles. The monoisotopic (exact) mass is 638 g/mol. The van der Waals surface area contributed by atoms with Gasteiger partial charge in [0.2, 0.25) is 0 Å². The predicted molar refractivity (Wildman–Crippen MR) is 176 cm³/mol. The fourth-order valence-corrected chi connectivity index (χ4v) is 14.8. The molecule has 0 amide bonds. The van der Waals surface area contributed by atoms with Gasteiger partial charge in [-0.3, -0.25) is 0 Å². The molecular weight excluding hydrogens is 581 g/mol. The quantitative estimate of drug-likeness (QED) is 0.245. The van der Waals surface area contributed by atoms with Crippen LogP contribution in [0.3, 0.4) is 0 Å². The third-order valence-electron chi connectivity index (χ3n) is 6.34. The van der Waals surface area contributed by atoms with Crippen molar-refractivity contribution in [3.63, 3.8) is 0 Å². The molecule has 0 bridgehead atoms. The van der Waals surface area contributed by atoms with Crippen molar-refractivity contribution in [2.45, 2.75) is 104 Å². The van der Waals surface area contributed by atoms with Crippen LogP contribution in [0.4, 0.5) is 11.4 Å². The Labute approximate surface area is 247 Å². The van der Waals surface area contributed by atoms with Crippen LogP contribution >= 0.6 is 15.8 Å². The molecule has 0 radical (unpaired) electrons. The smallest absolute Gasteiger partial charge is 0.0927 e. The molecule has 0 fully saturated rings. The topological polar surface area (TPSA) is 6.48 Å². The first-order valence-electron chi connectivity index (χ1n) is 13.4. The van der Waals surface area contributed by atoms with Crippen molar-refractivity contribution >= 4 is 37.8 Å². The first-order chi connectivity index (χ1) is 16.1. The molecule has 2 nitrogen and oxygen atoms in total. The van der Waals surface area contributed by atoms with Crippen LogP contribution in [-0.2, 0) is 20.4 Å². The molecule has 2 aromatic rings. The van der Waals surface area contributed by atoms with E-state index in [4.69, 9.17) is 0 Å². The van der Waals surface area contributed by atoms with Crippen LogP contribution in [0.15, 0.2) is 48.5 Å². The van der Waals surface area contributed by atoms with E-state index < -0.39 is 15.8 Å². The normalized spacial score (nSPS) is 12.6. The zero-order chi connectivity index (χ0) is 28.3. The second kappa shape index (κ2) is 13.8. The molecule has 0 saturated carbocycles. The van der Waals surface area contributed by atoms with Crippen molar-refractivity contribution in [2.24, 2.45) is 0 Å². The molecule has 0 aliphatic rings. The molecule has 5 heteroatoms. The van der Waals surface area contributed by atoms with E-state index in [1.807, 2.05) is 0 Å². The van der Waals surface area contributed by atoms with Crippen LogP contribution in [0.5, 0.6) is 0 Å². The maximum Gasteiger partial charge on any atom is 0.0927 e. The van der Waals surface area contributed by atoms with Gasteiger partial charge in [-0.1, -0.05) is 0 Å². The summed E-state index contributed by atoms with van der Waals surface area (Å²) in [7, 11) is 7.14. The molecule has 0 unspecified atom stereocenters. The third-order valence-corrected chi connectivity index (χ3v) is 14.2. The standard InChI is InChI=1S/2C16H28NP.Pd/c2*1-15(2,3)18(16(4,5)6)14-11-9-13(10-12-14)17(7)8;/h2*9-12H,1-8H3;/p+2. The zero-order valence-electron chi connectivity index (χ0n) is 26.8. The van der Waals surface area contributed by atoms with E-state index in [0.29, 0.717) is 20.6 Å². The van der Waals surface area contributed by atoms with E-state index in [0.717, 1.165) is 0 Å². The van der Waals surface area contributed by atoms with Crippen molar-refractivity contribution in [3.05, 3.63) is 48.5 Å². The molecule has 0 heterocycles. The third kappa shape index (κ3) is 11.3. The van der Waals surface area contributed by atoms with Gasteiger partial charge in [-0.05, 0) is 132 Å². The molecule has 0 aliphatic carbocycles. The molecule has 2 rings (SSSR count). The Kier molecular flexibility index (Phi) is 13.6. The average molecular weight is 639 g/mol.